The normalized spacial score (nSPS) is 14.8. The maximum absolute atomic E-state index is 3.70. The molecule has 0 aromatic heterocycles. The van der Waals surface area contributed by atoms with Crippen LogP contribution in [0.4, 0.5) is 0 Å². The molecule has 0 amide bonds. The van der Waals surface area contributed by atoms with E-state index < -0.39 is 0 Å². The van der Waals surface area contributed by atoms with Crippen molar-refractivity contribution < 1.29 is 0 Å². The second-order valence-corrected chi connectivity index (χ2v) is 3.97. The highest BCUT2D eigenvalue weighted by Gasteiger charge is 2.09. The molecule has 0 radical (unpaired) electrons. The van der Waals surface area contributed by atoms with E-state index >= 15 is 0 Å². The summed E-state index contributed by atoms with van der Waals surface area (Å²) in [7, 11) is 0. The van der Waals surface area contributed by atoms with E-state index in [4.69, 9.17) is 0 Å². The van der Waals surface area contributed by atoms with Crippen LogP contribution < -0.4 is 5.32 Å². The van der Waals surface area contributed by atoms with Gasteiger partial charge in [-0.25, -0.2) is 0 Å². The van der Waals surface area contributed by atoms with Crippen molar-refractivity contribution in [1.82, 2.24) is 5.32 Å². The highest BCUT2D eigenvalue weighted by atomic mass is 14.9. The van der Waals surface area contributed by atoms with Crippen LogP contribution in [0.25, 0.3) is 0 Å². The minimum atomic E-state index is 0.372. The van der Waals surface area contributed by atoms with Crippen LogP contribution in [-0.4, -0.2) is 12.6 Å². The molecule has 60 valence electrons. The number of hydrogen-bond donors (Lipinski definition) is 1. The number of nitrogens with one attached hydrogen (secondary N) is 1. The molecule has 0 fully saturated rings. The third kappa shape index (κ3) is 5.83. The van der Waals surface area contributed by atoms with E-state index in [0.717, 1.165) is 6.54 Å². The SMILES string of the molecule is C=CC(C)NCC(C)(C)C. The minimum absolute atomic E-state index is 0.372. The Morgan fingerprint density at radius 3 is 2.30 bits per heavy atom. The highest BCUT2D eigenvalue weighted by molar-refractivity contribution is 4.82. The molecule has 0 bridgehead atoms. The second-order valence-electron chi connectivity index (χ2n) is 3.97. The van der Waals surface area contributed by atoms with Gasteiger partial charge in [0.2, 0.25) is 0 Å². The fourth-order valence-corrected chi connectivity index (χ4v) is 0.551. The van der Waals surface area contributed by atoms with E-state index in [1.165, 1.54) is 0 Å². The molecule has 0 saturated carbocycles. The van der Waals surface area contributed by atoms with Gasteiger partial charge in [0.25, 0.3) is 0 Å². The average molecular weight is 141 g/mol. The summed E-state index contributed by atoms with van der Waals surface area (Å²) in [5.74, 6) is 0. The molecule has 1 atom stereocenters. The van der Waals surface area contributed by atoms with Gasteiger partial charge >= 0.3 is 0 Å². The lowest BCUT2D eigenvalue weighted by atomic mass is 9.97. The summed E-state index contributed by atoms with van der Waals surface area (Å²) < 4.78 is 0. The Kier molecular flexibility index (Phi) is 3.66. The molecule has 0 aliphatic rings. The summed E-state index contributed by atoms with van der Waals surface area (Å²) >= 11 is 0. The highest BCUT2D eigenvalue weighted by Crippen LogP contribution is 2.10. The Balaban J connectivity index is 3.45. The summed E-state index contributed by atoms with van der Waals surface area (Å²) in [5, 5.41) is 3.35. The minimum Gasteiger partial charge on any atom is -0.310 e. The quantitative estimate of drug-likeness (QED) is 0.594. The van der Waals surface area contributed by atoms with Crippen molar-refractivity contribution in [2.75, 3.05) is 6.54 Å². The van der Waals surface area contributed by atoms with Gasteiger partial charge in [-0.1, -0.05) is 26.8 Å². The first kappa shape index (κ1) is 9.70. The van der Waals surface area contributed by atoms with Gasteiger partial charge in [0, 0.05) is 12.6 Å². The molecule has 0 aliphatic heterocycles. The average Bonchev–Trinajstić information content (AvgIpc) is 1.81. The Morgan fingerprint density at radius 2 is 2.00 bits per heavy atom. The molecule has 0 aromatic carbocycles. The molecule has 0 aliphatic carbocycles. The first-order valence-corrected chi connectivity index (χ1v) is 3.81. The maximum atomic E-state index is 3.70. The zero-order valence-corrected chi connectivity index (χ0v) is 7.57. The fraction of sp³-hybridized carbons (Fsp3) is 0.778. The maximum Gasteiger partial charge on any atom is 0.0219 e. The Hall–Kier alpha value is -0.300. The van der Waals surface area contributed by atoms with Crippen molar-refractivity contribution in [1.29, 1.82) is 0 Å². The molecule has 0 aromatic rings. The van der Waals surface area contributed by atoms with Crippen molar-refractivity contribution in [3.8, 4) is 0 Å². The molecule has 0 rings (SSSR count). The van der Waals surface area contributed by atoms with Crippen molar-refractivity contribution in [2.45, 2.75) is 33.7 Å². The topological polar surface area (TPSA) is 12.0 Å². The van der Waals surface area contributed by atoms with E-state index in [9.17, 15) is 0 Å². The van der Waals surface area contributed by atoms with Gasteiger partial charge in [0.05, 0.1) is 0 Å². The lowest BCUT2D eigenvalue weighted by molar-refractivity contribution is 0.371. The zero-order valence-electron chi connectivity index (χ0n) is 7.57. The van der Waals surface area contributed by atoms with Gasteiger partial charge in [-0.2, -0.15) is 0 Å². The van der Waals surface area contributed by atoms with Crippen LogP contribution in [0.15, 0.2) is 12.7 Å². The molecular weight excluding hydrogens is 122 g/mol. The Morgan fingerprint density at radius 1 is 1.50 bits per heavy atom. The van der Waals surface area contributed by atoms with Crippen LogP contribution >= 0.6 is 0 Å². The zero-order chi connectivity index (χ0) is 8.20. The van der Waals surface area contributed by atoms with Crippen LogP contribution in [-0.2, 0) is 0 Å². The van der Waals surface area contributed by atoms with Gasteiger partial charge < -0.3 is 5.32 Å². The van der Waals surface area contributed by atoms with E-state index in [-0.39, 0.29) is 0 Å². The third-order valence-corrected chi connectivity index (χ3v) is 1.31. The van der Waals surface area contributed by atoms with Gasteiger partial charge in [-0.05, 0) is 12.3 Å². The lowest BCUT2D eigenvalue weighted by Crippen LogP contribution is -2.32. The predicted molar refractivity (Wildman–Crippen MR) is 47.1 cm³/mol. The van der Waals surface area contributed by atoms with Crippen LogP contribution in [0.5, 0.6) is 0 Å². The lowest BCUT2D eigenvalue weighted by Gasteiger charge is -2.20. The molecule has 1 N–H and O–H groups in total. The fourth-order valence-electron chi connectivity index (χ4n) is 0.551. The van der Waals surface area contributed by atoms with Gasteiger partial charge in [-0.3, -0.25) is 0 Å². The predicted octanol–water partition coefficient (Wildman–Crippen LogP) is 2.20. The van der Waals surface area contributed by atoms with E-state index in [2.05, 4.69) is 39.6 Å². The van der Waals surface area contributed by atoms with Gasteiger partial charge in [0.15, 0.2) is 0 Å². The summed E-state index contributed by atoms with van der Waals surface area (Å²) in [6.07, 6.45) is 1.92. The standard InChI is InChI=1S/C9H19N/c1-6-8(2)10-7-9(3,4)5/h6,8,10H,1,7H2,2-5H3. The third-order valence-electron chi connectivity index (χ3n) is 1.31. The summed E-state index contributed by atoms with van der Waals surface area (Å²) in [6.45, 7) is 13.5. The van der Waals surface area contributed by atoms with Crippen molar-refractivity contribution in [2.24, 2.45) is 5.41 Å². The van der Waals surface area contributed by atoms with Crippen molar-refractivity contribution in [3.63, 3.8) is 0 Å². The van der Waals surface area contributed by atoms with Gasteiger partial charge in [-0.15, -0.1) is 6.58 Å². The Bertz CT molecular complexity index is 99.8. The van der Waals surface area contributed by atoms with Crippen LogP contribution in [0.2, 0.25) is 0 Å². The molecule has 0 heterocycles. The van der Waals surface area contributed by atoms with Crippen LogP contribution in [0.1, 0.15) is 27.7 Å². The summed E-state index contributed by atoms with van der Waals surface area (Å²) in [5.41, 5.74) is 0.372. The molecule has 10 heavy (non-hydrogen) atoms. The van der Waals surface area contributed by atoms with Crippen molar-refractivity contribution >= 4 is 0 Å². The molecule has 1 heteroatoms. The number of rotatable bonds is 3. The smallest absolute Gasteiger partial charge is 0.0219 e. The molecule has 1 unspecified atom stereocenters. The largest absolute Gasteiger partial charge is 0.310 e. The molecular formula is C9H19N. The molecule has 1 nitrogen and oxygen atoms in total. The Labute approximate surface area is 64.5 Å². The molecule has 0 spiro atoms. The van der Waals surface area contributed by atoms with E-state index in [0.29, 0.717) is 11.5 Å². The van der Waals surface area contributed by atoms with Crippen LogP contribution in [0, 0.1) is 5.41 Å². The monoisotopic (exact) mass is 141 g/mol. The van der Waals surface area contributed by atoms with E-state index in [1.807, 2.05) is 6.08 Å². The first-order valence-electron chi connectivity index (χ1n) is 3.81. The number of hydrogen-bond acceptors (Lipinski definition) is 1. The van der Waals surface area contributed by atoms with Gasteiger partial charge in [0.1, 0.15) is 0 Å². The summed E-state index contributed by atoms with van der Waals surface area (Å²) in [6, 6.07) is 0.430. The summed E-state index contributed by atoms with van der Waals surface area (Å²) in [4.78, 5) is 0. The van der Waals surface area contributed by atoms with E-state index in [1.54, 1.807) is 0 Å². The second kappa shape index (κ2) is 3.77. The van der Waals surface area contributed by atoms with Crippen molar-refractivity contribution in [3.05, 3.63) is 12.7 Å². The molecule has 0 saturated heterocycles. The van der Waals surface area contributed by atoms with Crippen LogP contribution in [0.3, 0.4) is 0 Å². The first-order chi connectivity index (χ1) is 4.45.